The number of rotatable bonds is 9. The summed E-state index contributed by atoms with van der Waals surface area (Å²) in [5.41, 5.74) is 5.35. The Hall–Kier alpha value is -2.62. The molecule has 0 spiro atoms. The van der Waals surface area contributed by atoms with Gasteiger partial charge in [0.15, 0.2) is 5.96 Å². The Morgan fingerprint density at radius 2 is 1.79 bits per heavy atom. The average molecular weight is 563 g/mol. The SMILES string of the molecule is CCNC(=NCc1ccccc1-n1nc(C)cc1C)NCCCCn1c(C)cccc1=O.I. The number of pyridine rings is 1. The minimum Gasteiger partial charge on any atom is -0.357 e. The third-order valence-electron chi connectivity index (χ3n) is 5.35. The maximum atomic E-state index is 12.0. The number of benzene rings is 1. The van der Waals surface area contributed by atoms with Crippen LogP contribution in [0.5, 0.6) is 0 Å². The molecule has 0 fully saturated rings. The van der Waals surface area contributed by atoms with Gasteiger partial charge in [0.05, 0.1) is 17.9 Å². The van der Waals surface area contributed by atoms with E-state index in [1.807, 2.05) is 47.4 Å². The Morgan fingerprint density at radius 3 is 2.48 bits per heavy atom. The van der Waals surface area contributed by atoms with E-state index in [1.165, 1.54) is 0 Å². The lowest BCUT2D eigenvalue weighted by atomic mass is 10.2. The number of nitrogens with zero attached hydrogens (tertiary/aromatic N) is 4. The molecule has 2 aromatic heterocycles. The molecular formula is C25H35IN6O. The Balaban J connectivity index is 0.00000385. The quantitative estimate of drug-likeness (QED) is 0.178. The van der Waals surface area contributed by atoms with Crippen LogP contribution in [0.4, 0.5) is 0 Å². The molecule has 0 saturated heterocycles. The Labute approximate surface area is 213 Å². The van der Waals surface area contributed by atoms with E-state index in [0.29, 0.717) is 6.54 Å². The van der Waals surface area contributed by atoms with E-state index in [0.717, 1.165) is 66.8 Å². The van der Waals surface area contributed by atoms with Crippen LogP contribution in [0, 0.1) is 20.8 Å². The van der Waals surface area contributed by atoms with Crippen LogP contribution in [0.1, 0.15) is 42.4 Å². The molecular weight excluding hydrogens is 527 g/mol. The first kappa shape index (κ1) is 26.6. The van der Waals surface area contributed by atoms with E-state index >= 15 is 0 Å². The summed E-state index contributed by atoms with van der Waals surface area (Å²) in [6.45, 7) is 11.0. The fourth-order valence-electron chi connectivity index (χ4n) is 3.74. The van der Waals surface area contributed by atoms with Crippen molar-refractivity contribution in [2.45, 2.75) is 53.6 Å². The molecule has 0 atom stereocenters. The van der Waals surface area contributed by atoms with E-state index in [-0.39, 0.29) is 29.5 Å². The summed E-state index contributed by atoms with van der Waals surface area (Å²) in [4.78, 5) is 16.8. The van der Waals surface area contributed by atoms with Crippen molar-refractivity contribution in [1.82, 2.24) is 25.0 Å². The highest BCUT2D eigenvalue weighted by molar-refractivity contribution is 14.0. The van der Waals surface area contributed by atoms with Crippen molar-refractivity contribution in [2.24, 2.45) is 4.99 Å². The van der Waals surface area contributed by atoms with Crippen LogP contribution < -0.4 is 16.2 Å². The van der Waals surface area contributed by atoms with E-state index in [4.69, 9.17) is 4.99 Å². The number of aromatic nitrogens is 3. The monoisotopic (exact) mass is 562 g/mol. The zero-order chi connectivity index (χ0) is 22.9. The lowest BCUT2D eigenvalue weighted by molar-refractivity contribution is 0.575. The van der Waals surface area contributed by atoms with Gasteiger partial charge in [-0.05, 0) is 64.3 Å². The van der Waals surface area contributed by atoms with Gasteiger partial charge in [-0.1, -0.05) is 24.3 Å². The molecule has 7 nitrogen and oxygen atoms in total. The molecule has 2 N–H and O–H groups in total. The maximum Gasteiger partial charge on any atom is 0.250 e. The van der Waals surface area contributed by atoms with Gasteiger partial charge < -0.3 is 15.2 Å². The van der Waals surface area contributed by atoms with Crippen LogP contribution in [-0.2, 0) is 13.1 Å². The smallest absolute Gasteiger partial charge is 0.250 e. The van der Waals surface area contributed by atoms with Gasteiger partial charge in [-0.2, -0.15) is 5.10 Å². The zero-order valence-corrected chi connectivity index (χ0v) is 22.3. The molecule has 8 heteroatoms. The first-order chi connectivity index (χ1) is 15.5. The summed E-state index contributed by atoms with van der Waals surface area (Å²) in [5, 5.41) is 11.4. The van der Waals surface area contributed by atoms with Crippen LogP contribution in [-0.4, -0.2) is 33.4 Å². The topological polar surface area (TPSA) is 76.2 Å². The molecule has 0 bridgehead atoms. The lowest BCUT2D eigenvalue weighted by Crippen LogP contribution is -2.37. The van der Waals surface area contributed by atoms with Crippen molar-refractivity contribution in [2.75, 3.05) is 13.1 Å². The largest absolute Gasteiger partial charge is 0.357 e. The van der Waals surface area contributed by atoms with Gasteiger partial charge in [-0.3, -0.25) is 4.79 Å². The summed E-state index contributed by atoms with van der Waals surface area (Å²) < 4.78 is 3.81. The fourth-order valence-corrected chi connectivity index (χ4v) is 3.74. The van der Waals surface area contributed by atoms with Gasteiger partial charge in [0.2, 0.25) is 0 Å². The third-order valence-corrected chi connectivity index (χ3v) is 5.35. The van der Waals surface area contributed by atoms with Crippen LogP contribution in [0.2, 0.25) is 0 Å². The van der Waals surface area contributed by atoms with Gasteiger partial charge in [0.25, 0.3) is 5.56 Å². The summed E-state index contributed by atoms with van der Waals surface area (Å²) in [5.74, 6) is 0.795. The predicted octanol–water partition coefficient (Wildman–Crippen LogP) is 4.11. The van der Waals surface area contributed by atoms with Crippen molar-refractivity contribution in [1.29, 1.82) is 0 Å². The zero-order valence-electron chi connectivity index (χ0n) is 20.0. The minimum absolute atomic E-state index is 0. The Bertz CT molecular complexity index is 1120. The Morgan fingerprint density at radius 1 is 1.00 bits per heavy atom. The van der Waals surface area contributed by atoms with Crippen LogP contribution in [0.3, 0.4) is 0 Å². The number of nitrogens with one attached hydrogen (secondary N) is 2. The van der Waals surface area contributed by atoms with E-state index in [2.05, 4.69) is 47.8 Å². The molecule has 3 aromatic rings. The molecule has 0 amide bonds. The number of hydrogen-bond donors (Lipinski definition) is 2. The van der Waals surface area contributed by atoms with Crippen LogP contribution >= 0.6 is 24.0 Å². The number of halogens is 1. The van der Waals surface area contributed by atoms with Gasteiger partial charge in [0.1, 0.15) is 0 Å². The van der Waals surface area contributed by atoms with Gasteiger partial charge >= 0.3 is 0 Å². The number of aryl methyl sites for hydroxylation is 3. The standard InChI is InChI=1S/C25H34N6O.HI/c1-5-26-25(27-15-8-9-16-30-20(3)11-10-14-24(30)32)28-18-22-12-6-7-13-23(22)31-21(4)17-19(2)29-31;/h6-7,10-14,17H,5,8-9,15-16,18H2,1-4H3,(H2,26,27,28);1H. The highest BCUT2D eigenvalue weighted by Crippen LogP contribution is 2.17. The summed E-state index contributed by atoms with van der Waals surface area (Å²) in [6.07, 6.45) is 1.88. The number of hydrogen-bond acceptors (Lipinski definition) is 3. The second-order valence-electron chi connectivity index (χ2n) is 7.95. The molecule has 0 aliphatic carbocycles. The molecule has 2 heterocycles. The van der Waals surface area contributed by atoms with Gasteiger partial charge in [-0.25, -0.2) is 9.67 Å². The van der Waals surface area contributed by atoms with E-state index in [9.17, 15) is 4.79 Å². The van der Waals surface area contributed by atoms with Crippen molar-refractivity contribution < 1.29 is 0 Å². The lowest BCUT2D eigenvalue weighted by Gasteiger charge is -2.14. The van der Waals surface area contributed by atoms with Crippen molar-refractivity contribution in [3.8, 4) is 5.69 Å². The summed E-state index contributed by atoms with van der Waals surface area (Å²) in [6, 6.07) is 15.7. The van der Waals surface area contributed by atoms with Crippen molar-refractivity contribution in [3.05, 3.63) is 81.5 Å². The molecule has 0 aliphatic rings. The highest BCUT2D eigenvalue weighted by Gasteiger charge is 2.09. The highest BCUT2D eigenvalue weighted by atomic mass is 127. The molecule has 1 aromatic carbocycles. The van der Waals surface area contributed by atoms with Crippen LogP contribution in [0.15, 0.2) is 58.3 Å². The normalized spacial score (nSPS) is 11.2. The predicted molar refractivity (Wildman–Crippen MR) is 146 cm³/mol. The average Bonchev–Trinajstić information content (AvgIpc) is 3.11. The number of para-hydroxylation sites is 1. The molecule has 0 unspecified atom stereocenters. The Kier molecular flexibility index (Phi) is 10.6. The molecule has 33 heavy (non-hydrogen) atoms. The maximum absolute atomic E-state index is 12.0. The van der Waals surface area contributed by atoms with E-state index in [1.54, 1.807) is 6.07 Å². The molecule has 0 saturated carbocycles. The molecule has 0 aliphatic heterocycles. The molecule has 178 valence electrons. The van der Waals surface area contributed by atoms with Gasteiger partial charge in [0, 0.05) is 37.1 Å². The molecule has 3 rings (SSSR count). The number of guanidine groups is 1. The summed E-state index contributed by atoms with van der Waals surface area (Å²) >= 11 is 0. The van der Waals surface area contributed by atoms with Crippen molar-refractivity contribution in [3.63, 3.8) is 0 Å². The fraction of sp³-hybridized carbons (Fsp3) is 0.400. The summed E-state index contributed by atoms with van der Waals surface area (Å²) in [7, 11) is 0. The second-order valence-corrected chi connectivity index (χ2v) is 7.95. The first-order valence-corrected chi connectivity index (χ1v) is 11.3. The third kappa shape index (κ3) is 7.45. The van der Waals surface area contributed by atoms with Crippen LogP contribution in [0.25, 0.3) is 5.69 Å². The van der Waals surface area contributed by atoms with E-state index < -0.39 is 0 Å². The molecule has 0 radical (unpaired) electrons. The first-order valence-electron chi connectivity index (χ1n) is 11.3. The van der Waals surface area contributed by atoms with Gasteiger partial charge in [-0.15, -0.1) is 24.0 Å². The minimum atomic E-state index is 0. The number of unbranched alkanes of at least 4 members (excludes halogenated alkanes) is 1. The van der Waals surface area contributed by atoms with Crippen molar-refractivity contribution >= 4 is 29.9 Å². The number of aliphatic imine (C=N–C) groups is 1. The second kappa shape index (κ2) is 13.2.